The van der Waals surface area contributed by atoms with Gasteiger partial charge in [0, 0.05) is 0 Å². The van der Waals surface area contributed by atoms with Gasteiger partial charge in [0.2, 0.25) is 0 Å². The molecule has 0 aromatic carbocycles. The van der Waals surface area contributed by atoms with E-state index < -0.39 is 29.7 Å². The van der Waals surface area contributed by atoms with Crippen LogP contribution in [0.25, 0.3) is 0 Å². The maximum atomic E-state index is 12.3. The lowest BCUT2D eigenvalue weighted by molar-refractivity contribution is -0.140. The van der Waals surface area contributed by atoms with Crippen LogP contribution in [0.15, 0.2) is 12.3 Å². The fourth-order valence-electron chi connectivity index (χ4n) is 0.851. The zero-order chi connectivity index (χ0) is 10.9. The Labute approximate surface area is 74.4 Å². The molecule has 78 valence electrons. The van der Waals surface area contributed by atoms with Crippen molar-refractivity contribution in [2.45, 2.75) is 12.6 Å². The highest BCUT2D eigenvalue weighted by Gasteiger charge is 2.37. The first-order valence-electron chi connectivity index (χ1n) is 3.33. The molecule has 0 fully saturated rings. The predicted octanol–water partition coefficient (Wildman–Crippen LogP) is 3.18. The molecule has 0 amide bonds. The van der Waals surface area contributed by atoms with E-state index in [1.54, 1.807) is 0 Å². The van der Waals surface area contributed by atoms with Crippen LogP contribution < -0.4 is 0 Å². The summed E-state index contributed by atoms with van der Waals surface area (Å²) in [4.78, 5) is 2.70. The summed E-state index contributed by atoms with van der Waals surface area (Å²) in [5.41, 5.74) is -3.20. The van der Waals surface area contributed by atoms with Gasteiger partial charge in [-0.05, 0) is 6.07 Å². The van der Waals surface area contributed by atoms with Crippen LogP contribution in [0.3, 0.4) is 0 Å². The molecule has 0 bridgehead atoms. The van der Waals surface area contributed by atoms with Gasteiger partial charge in [0.25, 0.3) is 6.43 Å². The summed E-state index contributed by atoms with van der Waals surface area (Å²) in [7, 11) is 0. The number of aromatic nitrogens is 1. The molecule has 1 nitrogen and oxygen atoms in total. The van der Waals surface area contributed by atoms with Crippen LogP contribution in [0.5, 0.6) is 0 Å². The Morgan fingerprint density at radius 2 is 1.79 bits per heavy atom. The van der Waals surface area contributed by atoms with Gasteiger partial charge >= 0.3 is 6.18 Å². The van der Waals surface area contributed by atoms with E-state index in [1.807, 2.05) is 0 Å². The number of rotatable bonds is 1. The van der Waals surface area contributed by atoms with Gasteiger partial charge in [0.1, 0.15) is 11.5 Å². The molecule has 0 saturated carbocycles. The van der Waals surface area contributed by atoms with Crippen LogP contribution >= 0.6 is 0 Å². The molecule has 0 radical (unpaired) electrons. The molecule has 0 spiro atoms. The first-order chi connectivity index (χ1) is 6.32. The Kier molecular flexibility index (Phi) is 2.68. The second-order valence-electron chi connectivity index (χ2n) is 2.38. The van der Waals surface area contributed by atoms with Crippen molar-refractivity contribution in [1.82, 2.24) is 4.98 Å². The van der Waals surface area contributed by atoms with Crippen molar-refractivity contribution >= 4 is 0 Å². The van der Waals surface area contributed by atoms with Crippen LogP contribution in [0.4, 0.5) is 26.3 Å². The second kappa shape index (κ2) is 3.47. The Bertz CT molecular complexity index is 331. The second-order valence-corrected chi connectivity index (χ2v) is 2.38. The zero-order valence-electron chi connectivity index (χ0n) is 6.45. The van der Waals surface area contributed by atoms with E-state index in [-0.39, 0.29) is 6.07 Å². The summed E-state index contributed by atoms with van der Waals surface area (Å²) >= 11 is 0. The molecule has 1 heterocycles. The van der Waals surface area contributed by atoms with Gasteiger partial charge < -0.3 is 0 Å². The lowest BCUT2D eigenvalue weighted by Crippen LogP contribution is -2.11. The van der Waals surface area contributed by atoms with E-state index in [4.69, 9.17) is 0 Å². The molecule has 0 aliphatic rings. The first-order valence-corrected chi connectivity index (χ1v) is 3.33. The van der Waals surface area contributed by atoms with E-state index in [0.717, 1.165) is 0 Å². The predicted molar refractivity (Wildman–Crippen MR) is 34.2 cm³/mol. The summed E-state index contributed by atoms with van der Waals surface area (Å²) in [5.74, 6) is -1.30. The van der Waals surface area contributed by atoms with Crippen LogP contribution in [0.1, 0.15) is 17.7 Å². The third-order valence-corrected chi connectivity index (χ3v) is 1.40. The van der Waals surface area contributed by atoms with Crippen molar-refractivity contribution < 1.29 is 26.3 Å². The van der Waals surface area contributed by atoms with Crippen molar-refractivity contribution in [3.8, 4) is 0 Å². The van der Waals surface area contributed by atoms with E-state index in [1.165, 1.54) is 0 Å². The largest absolute Gasteiger partial charge is 0.418 e. The maximum Gasteiger partial charge on any atom is 0.418 e. The molecule has 0 saturated heterocycles. The topological polar surface area (TPSA) is 12.9 Å². The normalized spacial score (nSPS) is 12.2. The van der Waals surface area contributed by atoms with Gasteiger partial charge in [-0.1, -0.05) is 0 Å². The third kappa shape index (κ3) is 2.15. The maximum absolute atomic E-state index is 12.3. The van der Waals surface area contributed by atoms with E-state index in [9.17, 15) is 26.3 Å². The molecule has 1 aromatic rings. The molecule has 14 heavy (non-hydrogen) atoms. The number of halogens is 6. The van der Waals surface area contributed by atoms with Crippen LogP contribution in [0.2, 0.25) is 0 Å². The lowest BCUT2D eigenvalue weighted by Gasteiger charge is -2.10. The molecular formula is C7H3F6N. The zero-order valence-corrected chi connectivity index (χ0v) is 6.45. The van der Waals surface area contributed by atoms with Gasteiger partial charge in [-0.25, -0.2) is 13.2 Å². The number of hydrogen-bond donors (Lipinski definition) is 0. The molecule has 0 N–H and O–H groups in total. The average molecular weight is 215 g/mol. The van der Waals surface area contributed by atoms with Gasteiger partial charge in [-0.3, -0.25) is 4.98 Å². The third-order valence-electron chi connectivity index (χ3n) is 1.40. The molecule has 0 unspecified atom stereocenters. The Morgan fingerprint density at radius 3 is 2.21 bits per heavy atom. The summed E-state index contributed by atoms with van der Waals surface area (Å²) in [6.45, 7) is 0. The van der Waals surface area contributed by atoms with E-state index in [2.05, 4.69) is 4.98 Å². The molecule has 0 aliphatic carbocycles. The number of pyridine rings is 1. The summed E-state index contributed by atoms with van der Waals surface area (Å²) in [6, 6.07) is -0.00546. The van der Waals surface area contributed by atoms with Gasteiger partial charge in [0.05, 0.1) is 11.8 Å². The quantitative estimate of drug-likeness (QED) is 0.655. The smallest absolute Gasteiger partial charge is 0.252 e. The van der Waals surface area contributed by atoms with Crippen LogP contribution in [-0.2, 0) is 6.18 Å². The Morgan fingerprint density at radius 1 is 1.21 bits per heavy atom. The molecule has 1 rings (SSSR count). The number of nitrogens with zero attached hydrogens (tertiary/aromatic N) is 1. The summed E-state index contributed by atoms with van der Waals surface area (Å²) in [6.07, 6.45) is -8.09. The minimum atomic E-state index is -5.03. The molecule has 0 aliphatic heterocycles. The van der Waals surface area contributed by atoms with Crippen LogP contribution in [-0.4, -0.2) is 4.98 Å². The van der Waals surface area contributed by atoms with Crippen molar-refractivity contribution in [2.24, 2.45) is 0 Å². The lowest BCUT2D eigenvalue weighted by atomic mass is 10.2. The van der Waals surface area contributed by atoms with Gasteiger partial charge in [0.15, 0.2) is 0 Å². The SMILES string of the molecule is Fc1cnc(C(F)F)c(C(F)(F)F)c1. The van der Waals surface area contributed by atoms with Gasteiger partial charge in [-0.2, -0.15) is 13.2 Å². The molecule has 7 heteroatoms. The highest BCUT2D eigenvalue weighted by atomic mass is 19.4. The minimum Gasteiger partial charge on any atom is -0.252 e. The van der Waals surface area contributed by atoms with Crippen molar-refractivity contribution in [3.63, 3.8) is 0 Å². The molecular weight excluding hydrogens is 212 g/mol. The van der Waals surface area contributed by atoms with E-state index in [0.29, 0.717) is 6.20 Å². The van der Waals surface area contributed by atoms with Crippen molar-refractivity contribution in [2.75, 3.05) is 0 Å². The van der Waals surface area contributed by atoms with Gasteiger partial charge in [-0.15, -0.1) is 0 Å². The Hall–Kier alpha value is -1.27. The standard InChI is InChI=1S/C7H3F6N/c8-3-1-4(7(11,12)13)5(6(9)10)14-2-3/h1-2,6H. The highest BCUT2D eigenvalue weighted by Crippen LogP contribution is 2.35. The summed E-state index contributed by atoms with van der Waals surface area (Å²) < 4.78 is 72.5. The Balaban J connectivity index is 3.30. The van der Waals surface area contributed by atoms with E-state index >= 15 is 0 Å². The fourth-order valence-corrected chi connectivity index (χ4v) is 0.851. The molecule has 0 atom stereocenters. The number of hydrogen-bond acceptors (Lipinski definition) is 1. The minimum absolute atomic E-state index is 0.00546. The van der Waals surface area contributed by atoms with Crippen molar-refractivity contribution in [3.05, 3.63) is 29.3 Å². The fraction of sp³-hybridized carbons (Fsp3) is 0.286. The van der Waals surface area contributed by atoms with Crippen molar-refractivity contribution in [1.29, 1.82) is 0 Å². The monoisotopic (exact) mass is 215 g/mol. The first kappa shape index (κ1) is 10.8. The highest BCUT2D eigenvalue weighted by molar-refractivity contribution is 5.24. The summed E-state index contributed by atoms with van der Waals surface area (Å²) in [5, 5.41) is 0. The average Bonchev–Trinajstić information content (AvgIpc) is 2.01. The number of alkyl halides is 5. The van der Waals surface area contributed by atoms with Crippen LogP contribution in [0, 0.1) is 5.82 Å². The molecule has 1 aromatic heterocycles.